The number of hydrogen-bond donors (Lipinski definition) is 3. The molecule has 7 nitrogen and oxygen atoms in total. The highest BCUT2D eigenvalue weighted by Crippen LogP contribution is 2.54. The Morgan fingerprint density at radius 1 is 0.917 bits per heavy atom. The predicted molar refractivity (Wildman–Crippen MR) is 137 cm³/mol. The number of amides is 3. The van der Waals surface area contributed by atoms with Gasteiger partial charge >= 0.3 is 0 Å². The summed E-state index contributed by atoms with van der Waals surface area (Å²) in [6.07, 6.45) is 2.41. The zero-order valence-corrected chi connectivity index (χ0v) is 19.8. The largest absolute Gasteiger partial charge is 0.361 e. The van der Waals surface area contributed by atoms with Crippen LogP contribution in [0.15, 0.2) is 79.0 Å². The third-order valence-electron chi connectivity index (χ3n) is 7.80. The Morgan fingerprint density at radius 2 is 1.72 bits per heavy atom. The molecule has 0 bridgehead atoms. The maximum atomic E-state index is 14.0. The van der Waals surface area contributed by atoms with Gasteiger partial charge in [0, 0.05) is 39.4 Å². The highest BCUT2D eigenvalue weighted by molar-refractivity contribution is 6.31. The van der Waals surface area contributed by atoms with Gasteiger partial charge in [-0.25, -0.2) is 4.90 Å². The summed E-state index contributed by atoms with van der Waals surface area (Å²) in [7, 11) is 0. The van der Waals surface area contributed by atoms with E-state index in [1.807, 2.05) is 54.7 Å². The standard InChI is InChI=1S/C28H21ClN4O3/c29-16-6-5-7-17(13-16)33-25(34)23-22(12-15-14-30-20-10-3-1-8-18(15)20)32-28(24(23)26(33)35)19-9-2-4-11-21(19)31-27(28)36/h1-11,13-14,22-24,30,32H,12H2,(H,31,36). The first-order chi connectivity index (χ1) is 17.5. The van der Waals surface area contributed by atoms with E-state index < -0.39 is 29.3 Å². The third-order valence-corrected chi connectivity index (χ3v) is 8.04. The number of carbonyl (C=O) groups is 3. The Kier molecular flexibility index (Phi) is 4.46. The monoisotopic (exact) mass is 496 g/mol. The van der Waals surface area contributed by atoms with Crippen LogP contribution in [0.3, 0.4) is 0 Å². The minimum absolute atomic E-state index is 0.311. The zero-order valence-electron chi connectivity index (χ0n) is 19.0. The van der Waals surface area contributed by atoms with Crippen molar-refractivity contribution in [3.63, 3.8) is 0 Å². The van der Waals surface area contributed by atoms with Crippen molar-refractivity contribution in [2.24, 2.45) is 11.8 Å². The number of imide groups is 1. The van der Waals surface area contributed by atoms with Gasteiger partial charge in [0.25, 0.3) is 0 Å². The molecule has 3 aromatic carbocycles. The van der Waals surface area contributed by atoms with Crippen LogP contribution in [0.4, 0.5) is 11.4 Å². The van der Waals surface area contributed by atoms with Crippen LogP contribution in [0.1, 0.15) is 11.1 Å². The lowest BCUT2D eigenvalue weighted by atomic mass is 9.76. The number of anilines is 2. The number of para-hydroxylation sites is 2. The average Bonchev–Trinajstić information content (AvgIpc) is 3.58. The Labute approximate surface area is 211 Å². The normalized spacial score (nSPS) is 26.6. The number of H-pyrrole nitrogens is 1. The summed E-state index contributed by atoms with van der Waals surface area (Å²) in [5.74, 6) is -2.63. The third kappa shape index (κ3) is 2.75. The van der Waals surface area contributed by atoms with Gasteiger partial charge < -0.3 is 10.3 Å². The molecule has 36 heavy (non-hydrogen) atoms. The summed E-state index contributed by atoms with van der Waals surface area (Å²) in [6.45, 7) is 0. The number of hydrogen-bond acceptors (Lipinski definition) is 4. The molecule has 4 aromatic rings. The van der Waals surface area contributed by atoms with Crippen molar-refractivity contribution in [3.8, 4) is 0 Å². The molecule has 3 N–H and O–H groups in total. The topological polar surface area (TPSA) is 94.3 Å². The molecule has 4 heterocycles. The summed E-state index contributed by atoms with van der Waals surface area (Å²) in [4.78, 5) is 46.1. The second-order valence-electron chi connectivity index (χ2n) is 9.62. The van der Waals surface area contributed by atoms with Gasteiger partial charge in [-0.05, 0) is 42.3 Å². The van der Waals surface area contributed by atoms with Crippen LogP contribution in [-0.2, 0) is 26.3 Å². The van der Waals surface area contributed by atoms with Crippen LogP contribution in [0.25, 0.3) is 10.9 Å². The van der Waals surface area contributed by atoms with Crippen LogP contribution in [0.2, 0.25) is 5.02 Å². The SMILES string of the molecule is O=C1C2C(Cc3c[nH]c4ccccc34)NC3(C(=O)Nc4ccccc43)C2C(=O)N1c1cccc(Cl)c1. The minimum Gasteiger partial charge on any atom is -0.361 e. The number of carbonyl (C=O) groups excluding carboxylic acids is 3. The van der Waals surface area contributed by atoms with Gasteiger partial charge in [-0.1, -0.05) is 54.1 Å². The van der Waals surface area contributed by atoms with Gasteiger partial charge in [0.05, 0.1) is 17.5 Å². The van der Waals surface area contributed by atoms with E-state index in [9.17, 15) is 14.4 Å². The molecule has 2 fully saturated rings. The maximum Gasteiger partial charge on any atom is 0.250 e. The molecular formula is C28H21ClN4O3. The van der Waals surface area contributed by atoms with Crippen molar-refractivity contribution < 1.29 is 14.4 Å². The Hall–Kier alpha value is -3.94. The molecule has 0 aliphatic carbocycles. The average molecular weight is 497 g/mol. The molecule has 1 aromatic heterocycles. The van der Waals surface area contributed by atoms with E-state index in [0.717, 1.165) is 16.5 Å². The molecule has 4 atom stereocenters. The molecule has 3 amide bonds. The molecule has 178 valence electrons. The summed E-state index contributed by atoms with van der Waals surface area (Å²) < 4.78 is 0. The van der Waals surface area contributed by atoms with Crippen molar-refractivity contribution in [2.75, 3.05) is 10.2 Å². The van der Waals surface area contributed by atoms with E-state index in [4.69, 9.17) is 11.6 Å². The first-order valence-corrected chi connectivity index (χ1v) is 12.2. The van der Waals surface area contributed by atoms with Crippen LogP contribution in [0, 0.1) is 11.8 Å². The fraction of sp³-hybridized carbons (Fsp3) is 0.179. The molecule has 2 saturated heterocycles. The molecule has 1 spiro atoms. The smallest absolute Gasteiger partial charge is 0.250 e. The van der Waals surface area contributed by atoms with Crippen molar-refractivity contribution >= 4 is 51.6 Å². The fourth-order valence-electron chi connectivity index (χ4n) is 6.34. The van der Waals surface area contributed by atoms with Gasteiger partial charge in [-0.2, -0.15) is 0 Å². The lowest BCUT2D eigenvalue weighted by Crippen LogP contribution is -2.53. The van der Waals surface area contributed by atoms with Crippen LogP contribution in [-0.4, -0.2) is 28.7 Å². The molecule has 3 aliphatic rings. The zero-order chi connectivity index (χ0) is 24.6. The molecule has 0 radical (unpaired) electrons. The highest BCUT2D eigenvalue weighted by Gasteiger charge is 2.70. The van der Waals surface area contributed by atoms with Gasteiger partial charge in [0.15, 0.2) is 0 Å². The number of aromatic amines is 1. The molecule has 3 aliphatic heterocycles. The van der Waals surface area contributed by atoms with Gasteiger partial charge in [-0.3, -0.25) is 19.7 Å². The maximum absolute atomic E-state index is 14.0. The molecule has 7 rings (SSSR count). The summed E-state index contributed by atoms with van der Waals surface area (Å²) in [5.41, 5.74) is 2.45. The Morgan fingerprint density at radius 3 is 2.58 bits per heavy atom. The minimum atomic E-state index is -1.34. The van der Waals surface area contributed by atoms with Crippen LogP contribution in [0.5, 0.6) is 0 Å². The second-order valence-corrected chi connectivity index (χ2v) is 10.1. The van der Waals surface area contributed by atoms with E-state index in [0.29, 0.717) is 28.4 Å². The van der Waals surface area contributed by atoms with E-state index in [-0.39, 0.29) is 11.8 Å². The highest BCUT2D eigenvalue weighted by atomic mass is 35.5. The lowest BCUT2D eigenvalue weighted by Gasteiger charge is -2.29. The van der Waals surface area contributed by atoms with E-state index in [1.165, 1.54) is 4.90 Å². The number of fused-ring (bicyclic) bond motifs is 5. The van der Waals surface area contributed by atoms with E-state index in [2.05, 4.69) is 15.6 Å². The first kappa shape index (κ1) is 21.4. The number of aromatic nitrogens is 1. The van der Waals surface area contributed by atoms with E-state index in [1.54, 1.807) is 24.3 Å². The lowest BCUT2D eigenvalue weighted by molar-refractivity contribution is -0.130. The Bertz CT molecular complexity index is 1600. The Balaban J connectivity index is 1.38. The molecule has 4 unspecified atom stereocenters. The summed E-state index contributed by atoms with van der Waals surface area (Å²) in [5, 5.41) is 7.92. The predicted octanol–water partition coefficient (Wildman–Crippen LogP) is 3.99. The fourth-order valence-corrected chi connectivity index (χ4v) is 6.52. The van der Waals surface area contributed by atoms with Crippen molar-refractivity contribution in [1.82, 2.24) is 10.3 Å². The summed E-state index contributed by atoms with van der Waals surface area (Å²) in [6, 6.07) is 21.6. The number of nitrogens with zero attached hydrogens (tertiary/aromatic N) is 1. The van der Waals surface area contributed by atoms with Crippen molar-refractivity contribution in [1.29, 1.82) is 0 Å². The van der Waals surface area contributed by atoms with Crippen LogP contribution >= 0.6 is 11.6 Å². The number of nitrogens with one attached hydrogen (secondary N) is 3. The quantitative estimate of drug-likeness (QED) is 0.374. The summed E-state index contributed by atoms with van der Waals surface area (Å²) >= 11 is 6.20. The molecule has 8 heteroatoms. The van der Waals surface area contributed by atoms with Gasteiger partial charge in [0.1, 0.15) is 5.54 Å². The number of rotatable bonds is 3. The van der Waals surface area contributed by atoms with Gasteiger partial charge in [-0.15, -0.1) is 0 Å². The first-order valence-electron chi connectivity index (χ1n) is 11.9. The van der Waals surface area contributed by atoms with Crippen LogP contribution < -0.4 is 15.5 Å². The van der Waals surface area contributed by atoms with Crippen molar-refractivity contribution in [3.05, 3.63) is 95.1 Å². The number of halogens is 1. The van der Waals surface area contributed by atoms with Gasteiger partial charge in [0.2, 0.25) is 17.7 Å². The van der Waals surface area contributed by atoms with Crippen molar-refractivity contribution in [2.45, 2.75) is 18.0 Å². The van der Waals surface area contributed by atoms with E-state index >= 15 is 0 Å². The number of benzene rings is 3. The molecule has 0 saturated carbocycles. The second kappa shape index (κ2) is 7.53. The molecular weight excluding hydrogens is 476 g/mol.